The maximum absolute atomic E-state index is 10.7. The lowest BCUT2D eigenvalue weighted by Crippen LogP contribution is -2.00. The van der Waals surface area contributed by atoms with Gasteiger partial charge in [0.05, 0.1) is 4.92 Å². The summed E-state index contributed by atoms with van der Waals surface area (Å²) in [4.78, 5) is 10.2. The van der Waals surface area contributed by atoms with Crippen LogP contribution in [0.4, 0.5) is 11.4 Å². The van der Waals surface area contributed by atoms with Crippen molar-refractivity contribution < 1.29 is 4.92 Å². The molecule has 0 spiro atoms. The predicted molar refractivity (Wildman–Crippen MR) is 84.3 cm³/mol. The van der Waals surface area contributed by atoms with Crippen molar-refractivity contribution in [2.75, 3.05) is 5.32 Å². The molecule has 0 atom stereocenters. The van der Waals surface area contributed by atoms with Gasteiger partial charge >= 0.3 is 0 Å². The van der Waals surface area contributed by atoms with E-state index in [0.29, 0.717) is 6.54 Å². The number of hydrogen-bond acceptors (Lipinski definition) is 3. The molecule has 2 rings (SSSR count). The monoisotopic (exact) mass is 354 g/mol. The largest absolute Gasteiger partial charge is 0.381 e. The summed E-state index contributed by atoms with van der Waals surface area (Å²) < 4.78 is 1.05. The number of anilines is 1. The van der Waals surface area contributed by atoms with E-state index in [9.17, 15) is 10.1 Å². The van der Waals surface area contributed by atoms with E-state index < -0.39 is 4.92 Å². The van der Waals surface area contributed by atoms with Crippen LogP contribution < -0.4 is 5.32 Å². The highest BCUT2D eigenvalue weighted by atomic mass is 79.9. The Hall–Kier alpha value is -1.59. The van der Waals surface area contributed by atoms with Crippen LogP contribution >= 0.6 is 27.5 Å². The van der Waals surface area contributed by atoms with E-state index in [-0.39, 0.29) is 10.7 Å². The molecule has 0 amide bonds. The second kappa shape index (κ2) is 6.24. The molecule has 0 aliphatic rings. The van der Waals surface area contributed by atoms with Gasteiger partial charge in [-0.05, 0) is 36.2 Å². The summed E-state index contributed by atoms with van der Waals surface area (Å²) in [6.45, 7) is 2.64. The summed E-state index contributed by atoms with van der Waals surface area (Å²) in [5.74, 6) is 0. The molecule has 104 valence electrons. The highest BCUT2D eigenvalue weighted by Gasteiger charge is 2.11. The summed E-state index contributed by atoms with van der Waals surface area (Å²) in [6.07, 6.45) is 0. The van der Waals surface area contributed by atoms with Gasteiger partial charge in [-0.1, -0.05) is 39.7 Å². The van der Waals surface area contributed by atoms with Crippen LogP contribution in [0.3, 0.4) is 0 Å². The molecule has 0 aliphatic heterocycles. The molecule has 0 fully saturated rings. The van der Waals surface area contributed by atoms with E-state index in [4.69, 9.17) is 11.6 Å². The minimum absolute atomic E-state index is 0.0877. The Bertz CT molecular complexity index is 662. The molecule has 20 heavy (non-hydrogen) atoms. The minimum Gasteiger partial charge on any atom is -0.381 e. The number of nitrogens with one attached hydrogen (secondary N) is 1. The quantitative estimate of drug-likeness (QED) is 0.625. The van der Waals surface area contributed by atoms with Crippen molar-refractivity contribution in [3.63, 3.8) is 0 Å². The van der Waals surface area contributed by atoms with Crippen molar-refractivity contribution in [1.82, 2.24) is 0 Å². The van der Waals surface area contributed by atoms with Gasteiger partial charge in [0.25, 0.3) is 5.69 Å². The number of halogens is 2. The van der Waals surface area contributed by atoms with E-state index in [2.05, 4.69) is 21.2 Å². The Morgan fingerprint density at radius 2 is 2.05 bits per heavy atom. The van der Waals surface area contributed by atoms with Crippen molar-refractivity contribution in [3.8, 4) is 0 Å². The molecule has 6 heteroatoms. The molecule has 2 aromatic carbocycles. The molecule has 0 saturated heterocycles. The highest BCUT2D eigenvalue weighted by molar-refractivity contribution is 9.10. The van der Waals surface area contributed by atoms with Gasteiger partial charge in [-0.15, -0.1) is 0 Å². The first-order chi connectivity index (χ1) is 9.47. The third kappa shape index (κ3) is 3.49. The topological polar surface area (TPSA) is 55.2 Å². The molecule has 0 unspecified atom stereocenters. The van der Waals surface area contributed by atoms with E-state index in [1.54, 1.807) is 12.1 Å². The zero-order valence-corrected chi connectivity index (χ0v) is 13.0. The third-order valence-corrected chi connectivity index (χ3v) is 4.03. The average molecular weight is 356 g/mol. The van der Waals surface area contributed by atoms with Crippen molar-refractivity contribution >= 4 is 38.9 Å². The number of aryl methyl sites for hydroxylation is 1. The van der Waals surface area contributed by atoms with Gasteiger partial charge < -0.3 is 5.32 Å². The second-order valence-corrected chi connectivity index (χ2v) is 5.62. The highest BCUT2D eigenvalue weighted by Crippen LogP contribution is 2.27. The van der Waals surface area contributed by atoms with Crippen LogP contribution in [0, 0.1) is 17.0 Å². The van der Waals surface area contributed by atoms with Crippen LogP contribution in [0.15, 0.2) is 40.9 Å². The van der Waals surface area contributed by atoms with Crippen molar-refractivity contribution in [2.45, 2.75) is 13.5 Å². The molecule has 4 nitrogen and oxygen atoms in total. The summed E-state index contributed by atoms with van der Waals surface area (Å²) in [5.41, 5.74) is 2.94. The lowest BCUT2D eigenvalue weighted by Gasteiger charge is -2.08. The van der Waals surface area contributed by atoms with Crippen molar-refractivity contribution in [2.24, 2.45) is 0 Å². The fourth-order valence-corrected chi connectivity index (χ4v) is 2.39. The van der Waals surface area contributed by atoms with Crippen LogP contribution in [0.25, 0.3) is 0 Å². The maximum atomic E-state index is 10.7. The van der Waals surface area contributed by atoms with Crippen LogP contribution in [0.5, 0.6) is 0 Å². The fourth-order valence-electron chi connectivity index (χ4n) is 1.72. The van der Waals surface area contributed by atoms with E-state index in [0.717, 1.165) is 15.7 Å². The van der Waals surface area contributed by atoms with Gasteiger partial charge in [0.2, 0.25) is 0 Å². The van der Waals surface area contributed by atoms with Gasteiger partial charge in [0.15, 0.2) is 0 Å². The summed E-state index contributed by atoms with van der Waals surface area (Å²) in [6, 6.07) is 10.7. The minimum atomic E-state index is -0.497. The van der Waals surface area contributed by atoms with Crippen molar-refractivity contribution in [1.29, 1.82) is 0 Å². The van der Waals surface area contributed by atoms with Crippen LogP contribution in [-0.4, -0.2) is 4.92 Å². The van der Waals surface area contributed by atoms with Crippen LogP contribution in [-0.2, 0) is 6.54 Å². The Morgan fingerprint density at radius 1 is 1.30 bits per heavy atom. The Balaban J connectivity index is 2.09. The van der Waals surface area contributed by atoms with E-state index in [1.165, 1.54) is 11.6 Å². The maximum Gasteiger partial charge on any atom is 0.288 e. The number of hydrogen-bond donors (Lipinski definition) is 1. The molecule has 1 N–H and O–H groups in total. The van der Waals surface area contributed by atoms with E-state index >= 15 is 0 Å². The zero-order valence-electron chi connectivity index (χ0n) is 10.7. The zero-order chi connectivity index (χ0) is 14.7. The first-order valence-corrected chi connectivity index (χ1v) is 7.07. The number of rotatable bonds is 4. The van der Waals surface area contributed by atoms with Gasteiger partial charge in [-0.25, -0.2) is 0 Å². The molecule has 0 aliphatic carbocycles. The molecular formula is C14H12BrClN2O2. The third-order valence-electron chi connectivity index (χ3n) is 2.88. The van der Waals surface area contributed by atoms with Gasteiger partial charge in [0.1, 0.15) is 5.02 Å². The summed E-state index contributed by atoms with van der Waals surface area (Å²) in [5, 5.41) is 14.0. The van der Waals surface area contributed by atoms with Gasteiger partial charge in [-0.2, -0.15) is 0 Å². The lowest BCUT2D eigenvalue weighted by molar-refractivity contribution is -0.384. The van der Waals surface area contributed by atoms with Crippen LogP contribution in [0.2, 0.25) is 5.02 Å². The van der Waals surface area contributed by atoms with Crippen molar-refractivity contribution in [3.05, 3.63) is 67.1 Å². The molecular weight excluding hydrogens is 344 g/mol. The summed E-state index contributed by atoms with van der Waals surface area (Å²) >= 11 is 9.35. The average Bonchev–Trinajstić information content (AvgIpc) is 2.40. The summed E-state index contributed by atoms with van der Waals surface area (Å²) in [7, 11) is 0. The number of nitrogens with zero attached hydrogens (tertiary/aromatic N) is 1. The fraction of sp³-hybridized carbons (Fsp3) is 0.143. The lowest BCUT2D eigenvalue weighted by atomic mass is 10.1. The Morgan fingerprint density at radius 3 is 2.65 bits per heavy atom. The van der Waals surface area contributed by atoms with Gasteiger partial charge in [0, 0.05) is 22.8 Å². The molecule has 0 heterocycles. The molecule has 0 radical (unpaired) electrons. The smallest absolute Gasteiger partial charge is 0.288 e. The number of nitro groups is 1. The normalized spacial score (nSPS) is 10.3. The Kier molecular flexibility index (Phi) is 4.62. The molecule has 0 saturated carbocycles. The first kappa shape index (κ1) is 14.8. The SMILES string of the molecule is Cc1ccc(CNc2ccc([N+](=O)[O-])c(Cl)c2)cc1Br. The number of nitro benzene ring substituents is 1. The molecule has 2 aromatic rings. The molecule has 0 bridgehead atoms. The first-order valence-electron chi connectivity index (χ1n) is 5.90. The molecule has 0 aromatic heterocycles. The second-order valence-electron chi connectivity index (χ2n) is 4.36. The van der Waals surface area contributed by atoms with E-state index in [1.807, 2.05) is 25.1 Å². The van der Waals surface area contributed by atoms with Crippen LogP contribution in [0.1, 0.15) is 11.1 Å². The van der Waals surface area contributed by atoms with Gasteiger partial charge in [-0.3, -0.25) is 10.1 Å². The predicted octanol–water partition coefficient (Wildman–Crippen LogP) is 4.93. The standard InChI is InChI=1S/C14H12BrClN2O2/c1-9-2-3-10(6-12(9)15)8-17-11-4-5-14(18(19)20)13(16)7-11/h2-7,17H,8H2,1H3. The number of benzene rings is 2. The Labute approximate surface area is 130 Å².